The number of carbonyl (C=O) groups is 1. The molecular weight excluding hydrogens is 330 g/mol. The maximum Gasteiger partial charge on any atom is 0.303 e. The fraction of sp³-hybridized carbons (Fsp3) is 0.550. The van der Waals surface area contributed by atoms with Crippen molar-refractivity contribution < 1.29 is 14.1 Å². The summed E-state index contributed by atoms with van der Waals surface area (Å²) in [5, 5.41) is 2.01. The van der Waals surface area contributed by atoms with Crippen LogP contribution in [0, 0.1) is 5.92 Å². The maximum atomic E-state index is 11.5. The molecule has 0 radical (unpaired) electrons. The van der Waals surface area contributed by atoms with Gasteiger partial charge in [0.2, 0.25) is 8.32 Å². The van der Waals surface area contributed by atoms with E-state index in [0.29, 0.717) is 12.5 Å². The second kappa shape index (κ2) is 9.90. The third-order valence-corrected chi connectivity index (χ3v) is 4.35. The molecule has 0 fully saturated rings. The molecule has 0 heterocycles. The molecule has 0 unspecified atom stereocenters. The van der Waals surface area contributed by atoms with Gasteiger partial charge in [-0.3, -0.25) is 4.79 Å². The molecule has 140 valence electrons. The van der Waals surface area contributed by atoms with Gasteiger partial charge in [-0.15, -0.1) is 0 Å². The fourth-order valence-corrected chi connectivity index (χ4v) is 3.61. The van der Waals surface area contributed by atoms with Crippen LogP contribution in [0.2, 0.25) is 19.6 Å². The van der Waals surface area contributed by atoms with Crippen molar-refractivity contribution in [2.75, 3.05) is 0 Å². The maximum absolute atomic E-state index is 11.5. The van der Waals surface area contributed by atoms with Gasteiger partial charge in [-0.2, -0.15) is 5.06 Å². The SMILES string of the molecule is C=C[C@@H](OC(C)=O)[C@@H](CC(C)C)N(Cc1ccccc1)O[Si](C)(C)C. The molecule has 0 aliphatic carbocycles. The largest absolute Gasteiger partial charge is 0.457 e. The summed E-state index contributed by atoms with van der Waals surface area (Å²) >= 11 is 0. The lowest BCUT2D eigenvalue weighted by Gasteiger charge is -2.39. The number of esters is 1. The molecule has 0 aliphatic rings. The number of hydrogen-bond donors (Lipinski definition) is 0. The summed E-state index contributed by atoms with van der Waals surface area (Å²) < 4.78 is 11.9. The average Bonchev–Trinajstić information content (AvgIpc) is 2.49. The molecule has 4 nitrogen and oxygen atoms in total. The highest BCUT2D eigenvalue weighted by Gasteiger charge is 2.33. The first-order valence-corrected chi connectivity index (χ1v) is 12.3. The molecule has 2 atom stereocenters. The molecule has 0 bridgehead atoms. The molecule has 25 heavy (non-hydrogen) atoms. The Balaban J connectivity index is 3.15. The van der Waals surface area contributed by atoms with Crippen LogP contribution in [0.4, 0.5) is 0 Å². The minimum absolute atomic E-state index is 0.0756. The van der Waals surface area contributed by atoms with Crippen LogP contribution in [0.15, 0.2) is 43.0 Å². The summed E-state index contributed by atoms with van der Waals surface area (Å²) in [7, 11) is -1.84. The molecular formula is C20H33NO3Si. The van der Waals surface area contributed by atoms with Gasteiger partial charge in [-0.1, -0.05) is 50.8 Å². The van der Waals surface area contributed by atoms with Crippen molar-refractivity contribution in [1.29, 1.82) is 0 Å². The summed E-state index contributed by atoms with van der Waals surface area (Å²) in [6, 6.07) is 10.1. The Kier molecular flexibility index (Phi) is 8.55. The Morgan fingerprint density at radius 3 is 2.28 bits per heavy atom. The van der Waals surface area contributed by atoms with Crippen molar-refractivity contribution >= 4 is 14.3 Å². The average molecular weight is 364 g/mol. The molecule has 0 N–H and O–H groups in total. The Morgan fingerprint density at radius 2 is 1.84 bits per heavy atom. The van der Waals surface area contributed by atoms with E-state index in [1.807, 2.05) is 23.3 Å². The van der Waals surface area contributed by atoms with Gasteiger partial charge in [-0.05, 0) is 43.6 Å². The molecule has 0 saturated heterocycles. The molecule has 1 aromatic carbocycles. The predicted molar refractivity (Wildman–Crippen MR) is 105 cm³/mol. The molecule has 0 saturated carbocycles. The van der Waals surface area contributed by atoms with E-state index in [-0.39, 0.29) is 12.0 Å². The van der Waals surface area contributed by atoms with E-state index < -0.39 is 14.4 Å². The van der Waals surface area contributed by atoms with Crippen molar-refractivity contribution in [1.82, 2.24) is 5.06 Å². The second-order valence-electron chi connectivity index (χ2n) is 7.77. The zero-order chi connectivity index (χ0) is 19.0. The summed E-state index contributed by atoms with van der Waals surface area (Å²) in [6.07, 6.45) is 2.15. The number of benzene rings is 1. The van der Waals surface area contributed by atoms with Gasteiger partial charge in [0.1, 0.15) is 6.10 Å². The minimum atomic E-state index is -1.84. The first-order chi connectivity index (χ1) is 11.6. The number of hydroxylamine groups is 2. The van der Waals surface area contributed by atoms with E-state index >= 15 is 0 Å². The van der Waals surface area contributed by atoms with Gasteiger partial charge >= 0.3 is 5.97 Å². The summed E-state index contributed by atoms with van der Waals surface area (Å²) in [4.78, 5) is 11.5. The van der Waals surface area contributed by atoms with Gasteiger partial charge in [-0.25, -0.2) is 0 Å². The smallest absolute Gasteiger partial charge is 0.303 e. The van der Waals surface area contributed by atoms with Crippen molar-refractivity contribution in [3.63, 3.8) is 0 Å². The Hall–Kier alpha value is -1.43. The van der Waals surface area contributed by atoms with E-state index in [0.717, 1.165) is 6.42 Å². The third kappa shape index (κ3) is 8.47. The van der Waals surface area contributed by atoms with Crippen molar-refractivity contribution in [3.8, 4) is 0 Å². The Labute approximate surface area is 153 Å². The van der Waals surface area contributed by atoms with Gasteiger partial charge in [0, 0.05) is 13.5 Å². The molecule has 1 rings (SSSR count). The van der Waals surface area contributed by atoms with Crippen LogP contribution < -0.4 is 0 Å². The lowest BCUT2D eigenvalue weighted by molar-refractivity contribution is -0.167. The quantitative estimate of drug-likeness (QED) is 0.259. The topological polar surface area (TPSA) is 38.8 Å². The Bertz CT molecular complexity index is 540. The summed E-state index contributed by atoms with van der Waals surface area (Å²) in [5.74, 6) is 0.137. The van der Waals surface area contributed by atoms with Gasteiger partial charge in [0.05, 0.1) is 6.04 Å². The van der Waals surface area contributed by atoms with E-state index in [9.17, 15) is 4.79 Å². The monoisotopic (exact) mass is 363 g/mol. The molecule has 0 aliphatic heterocycles. The van der Waals surface area contributed by atoms with Crippen LogP contribution >= 0.6 is 0 Å². The third-order valence-electron chi connectivity index (χ3n) is 3.57. The van der Waals surface area contributed by atoms with Gasteiger partial charge in [0.25, 0.3) is 0 Å². The molecule has 1 aromatic rings. The zero-order valence-electron chi connectivity index (χ0n) is 16.5. The van der Waals surface area contributed by atoms with Crippen LogP contribution in [-0.4, -0.2) is 31.5 Å². The first kappa shape index (κ1) is 21.6. The fourth-order valence-electron chi connectivity index (χ4n) is 2.71. The summed E-state index contributed by atoms with van der Waals surface area (Å²) in [6.45, 7) is 16.8. The van der Waals surface area contributed by atoms with Crippen LogP contribution in [0.3, 0.4) is 0 Å². The molecule has 0 aromatic heterocycles. The normalized spacial score (nSPS) is 14.4. The van der Waals surface area contributed by atoms with E-state index in [1.165, 1.54) is 12.5 Å². The van der Waals surface area contributed by atoms with Crippen LogP contribution in [0.1, 0.15) is 32.8 Å². The van der Waals surface area contributed by atoms with Gasteiger partial charge in [0.15, 0.2) is 0 Å². The lowest BCUT2D eigenvalue weighted by Crippen LogP contribution is -2.49. The van der Waals surface area contributed by atoms with E-state index in [4.69, 9.17) is 9.26 Å². The highest BCUT2D eigenvalue weighted by atomic mass is 28.4. The number of ether oxygens (including phenoxy) is 1. The first-order valence-electron chi connectivity index (χ1n) is 8.92. The number of carbonyl (C=O) groups excluding carboxylic acids is 1. The van der Waals surface area contributed by atoms with Crippen LogP contribution in [-0.2, 0) is 20.6 Å². The Morgan fingerprint density at radius 1 is 1.24 bits per heavy atom. The van der Waals surface area contributed by atoms with Crippen LogP contribution in [0.5, 0.6) is 0 Å². The number of hydrogen-bond acceptors (Lipinski definition) is 4. The van der Waals surface area contributed by atoms with Crippen molar-refractivity contribution in [2.24, 2.45) is 5.92 Å². The highest BCUT2D eigenvalue weighted by molar-refractivity contribution is 6.69. The van der Waals surface area contributed by atoms with Crippen molar-refractivity contribution in [3.05, 3.63) is 48.6 Å². The number of rotatable bonds is 10. The van der Waals surface area contributed by atoms with Gasteiger partial charge < -0.3 is 9.26 Å². The van der Waals surface area contributed by atoms with E-state index in [1.54, 1.807) is 6.08 Å². The minimum Gasteiger partial charge on any atom is -0.457 e. The van der Waals surface area contributed by atoms with Crippen LogP contribution in [0.25, 0.3) is 0 Å². The molecule has 5 heteroatoms. The zero-order valence-corrected chi connectivity index (χ0v) is 17.5. The van der Waals surface area contributed by atoms with Crippen molar-refractivity contribution in [2.45, 2.75) is 65.5 Å². The van der Waals surface area contributed by atoms with E-state index in [2.05, 4.69) is 52.2 Å². The lowest BCUT2D eigenvalue weighted by atomic mass is 9.98. The summed E-state index contributed by atoms with van der Waals surface area (Å²) in [5.41, 5.74) is 1.17. The standard InChI is InChI=1S/C20H33NO3Si/c1-8-20(23-17(4)22)19(14-16(2)3)21(24-25(5,6)7)15-18-12-10-9-11-13-18/h8-13,16,19-20H,1,14-15H2,2-7H3/t19-,20-/m1/s1. The second-order valence-corrected chi connectivity index (χ2v) is 12.2. The predicted octanol–water partition coefficient (Wildman–Crippen LogP) is 4.79. The molecule has 0 amide bonds. The highest BCUT2D eigenvalue weighted by Crippen LogP contribution is 2.24. The molecule has 0 spiro atoms. The number of nitrogens with zero attached hydrogens (tertiary/aromatic N) is 1.